The molecule has 0 radical (unpaired) electrons. The van der Waals surface area contributed by atoms with E-state index in [4.69, 9.17) is 4.74 Å². The summed E-state index contributed by atoms with van der Waals surface area (Å²) in [6.45, 7) is 4.71. The Morgan fingerprint density at radius 3 is 2.61 bits per heavy atom. The van der Waals surface area contributed by atoms with Crippen LogP contribution in [0.15, 0.2) is 30.5 Å². The normalized spacial score (nSPS) is 16.7. The first-order valence-corrected chi connectivity index (χ1v) is 11.9. The topological polar surface area (TPSA) is 123 Å². The zero-order chi connectivity index (χ0) is 22.6. The van der Waals surface area contributed by atoms with Crippen molar-refractivity contribution in [2.45, 2.75) is 32.7 Å². The van der Waals surface area contributed by atoms with E-state index in [1.54, 1.807) is 47.7 Å². The summed E-state index contributed by atoms with van der Waals surface area (Å²) in [6.07, 6.45) is 4.01. The van der Waals surface area contributed by atoms with E-state index in [0.29, 0.717) is 43.1 Å². The number of sulfonamides is 1. The largest absolute Gasteiger partial charge is 0.462 e. The minimum atomic E-state index is -3.32. The summed E-state index contributed by atoms with van der Waals surface area (Å²) in [5.74, 6) is -0.416. The predicted molar refractivity (Wildman–Crippen MR) is 116 cm³/mol. The predicted octanol–water partition coefficient (Wildman–Crippen LogP) is 1.90. The fourth-order valence-corrected chi connectivity index (χ4v) is 4.33. The van der Waals surface area contributed by atoms with Crippen molar-refractivity contribution in [2.24, 2.45) is 0 Å². The van der Waals surface area contributed by atoms with Crippen LogP contribution in [0.5, 0.6) is 0 Å². The molecule has 168 valence electrons. The molecule has 31 heavy (non-hydrogen) atoms. The van der Waals surface area contributed by atoms with Crippen LogP contribution in [0.3, 0.4) is 0 Å². The molecule has 10 nitrogen and oxygen atoms in total. The Balaban J connectivity index is 1.64. The van der Waals surface area contributed by atoms with E-state index in [-0.39, 0.29) is 12.1 Å². The van der Waals surface area contributed by atoms with Gasteiger partial charge < -0.3 is 15.0 Å². The number of hydrogen-bond acceptors (Lipinski definition) is 6. The molecule has 3 rings (SSSR count). The first-order chi connectivity index (χ1) is 14.7. The van der Waals surface area contributed by atoms with Gasteiger partial charge in [0.2, 0.25) is 10.0 Å². The highest BCUT2D eigenvalue weighted by molar-refractivity contribution is 7.88. The molecule has 11 heteroatoms. The number of aromatic nitrogens is 2. The maximum Gasteiger partial charge on any atom is 0.341 e. The third kappa shape index (κ3) is 5.82. The maximum absolute atomic E-state index is 12.6. The summed E-state index contributed by atoms with van der Waals surface area (Å²) < 4.78 is 32.1. The molecule has 0 spiro atoms. The lowest BCUT2D eigenvalue weighted by Crippen LogP contribution is -2.50. The Morgan fingerprint density at radius 1 is 1.26 bits per heavy atom. The molecular formula is C20H27N5O5S. The number of hydrogen-bond donors (Lipinski definition) is 2. The molecule has 1 atom stereocenters. The summed E-state index contributed by atoms with van der Waals surface area (Å²) >= 11 is 0. The van der Waals surface area contributed by atoms with Crippen molar-refractivity contribution >= 4 is 27.7 Å². The molecule has 2 aromatic rings. The molecule has 1 fully saturated rings. The van der Waals surface area contributed by atoms with Crippen LogP contribution in [-0.4, -0.2) is 67.1 Å². The van der Waals surface area contributed by atoms with E-state index >= 15 is 0 Å². The number of piperidine rings is 1. The van der Waals surface area contributed by atoms with Crippen molar-refractivity contribution in [2.75, 3.05) is 31.3 Å². The van der Waals surface area contributed by atoms with Crippen molar-refractivity contribution < 1.29 is 22.7 Å². The van der Waals surface area contributed by atoms with Gasteiger partial charge in [-0.3, -0.25) is 0 Å². The molecule has 1 aliphatic heterocycles. The molecule has 2 heterocycles. The number of carbonyl (C=O) groups is 2. The van der Waals surface area contributed by atoms with Gasteiger partial charge in [0.15, 0.2) is 0 Å². The monoisotopic (exact) mass is 449 g/mol. The summed E-state index contributed by atoms with van der Waals surface area (Å²) in [5.41, 5.74) is 2.40. The number of likely N-dealkylation sites (tertiary alicyclic amines) is 1. The van der Waals surface area contributed by atoms with Crippen LogP contribution in [0, 0.1) is 6.92 Å². The van der Waals surface area contributed by atoms with Gasteiger partial charge in [0.05, 0.1) is 30.4 Å². The first kappa shape index (κ1) is 22.8. The van der Waals surface area contributed by atoms with Crippen molar-refractivity contribution in [3.63, 3.8) is 0 Å². The van der Waals surface area contributed by atoms with Crippen LogP contribution in [0.1, 0.15) is 35.8 Å². The SMILES string of the molecule is CCOC(=O)c1cnn(-c2ccc(NC(=O)N3CCCC(NS(C)(=O)=O)C3)cc2)c1C. The van der Waals surface area contributed by atoms with Crippen LogP contribution in [-0.2, 0) is 14.8 Å². The van der Waals surface area contributed by atoms with E-state index in [1.165, 1.54) is 6.20 Å². The minimum Gasteiger partial charge on any atom is -0.462 e. The van der Waals surface area contributed by atoms with Crippen molar-refractivity contribution in [3.05, 3.63) is 41.7 Å². The summed E-state index contributed by atoms with van der Waals surface area (Å²) in [7, 11) is -3.32. The second-order valence-corrected chi connectivity index (χ2v) is 9.21. The van der Waals surface area contributed by atoms with Gasteiger partial charge in [-0.25, -0.2) is 27.4 Å². The highest BCUT2D eigenvalue weighted by Crippen LogP contribution is 2.19. The second kappa shape index (κ2) is 9.48. The molecule has 1 aromatic heterocycles. The highest BCUT2D eigenvalue weighted by atomic mass is 32.2. The lowest BCUT2D eigenvalue weighted by atomic mass is 10.1. The number of urea groups is 1. The summed E-state index contributed by atoms with van der Waals surface area (Å²) in [4.78, 5) is 26.2. The van der Waals surface area contributed by atoms with E-state index < -0.39 is 16.0 Å². The molecule has 1 unspecified atom stereocenters. The van der Waals surface area contributed by atoms with Crippen molar-refractivity contribution in [1.82, 2.24) is 19.4 Å². The summed E-state index contributed by atoms with van der Waals surface area (Å²) in [6, 6.07) is 6.49. The number of nitrogens with one attached hydrogen (secondary N) is 2. The first-order valence-electron chi connectivity index (χ1n) is 10.0. The molecular weight excluding hydrogens is 422 g/mol. The Labute approximate surface area is 181 Å². The minimum absolute atomic E-state index is 0.284. The Morgan fingerprint density at radius 2 is 1.97 bits per heavy atom. The lowest BCUT2D eigenvalue weighted by molar-refractivity contribution is 0.0525. The van der Waals surface area contributed by atoms with Crippen LogP contribution < -0.4 is 10.0 Å². The lowest BCUT2D eigenvalue weighted by Gasteiger charge is -2.32. The van der Waals surface area contributed by atoms with Gasteiger partial charge in [0, 0.05) is 24.8 Å². The molecule has 0 bridgehead atoms. The van der Waals surface area contributed by atoms with Gasteiger partial charge in [0.25, 0.3) is 0 Å². The van der Waals surface area contributed by atoms with E-state index in [2.05, 4.69) is 15.1 Å². The Bertz CT molecular complexity index is 1050. The van der Waals surface area contributed by atoms with Gasteiger partial charge in [-0.15, -0.1) is 0 Å². The number of benzene rings is 1. The van der Waals surface area contributed by atoms with Crippen LogP contribution in [0.4, 0.5) is 10.5 Å². The smallest absolute Gasteiger partial charge is 0.341 e. The van der Waals surface area contributed by atoms with Gasteiger partial charge in [-0.1, -0.05) is 0 Å². The Kier molecular flexibility index (Phi) is 6.96. The van der Waals surface area contributed by atoms with Gasteiger partial charge in [-0.2, -0.15) is 5.10 Å². The number of carbonyl (C=O) groups excluding carboxylic acids is 2. The molecule has 2 N–H and O–H groups in total. The van der Waals surface area contributed by atoms with E-state index in [9.17, 15) is 18.0 Å². The van der Waals surface area contributed by atoms with Crippen molar-refractivity contribution in [1.29, 1.82) is 0 Å². The average Bonchev–Trinajstić information content (AvgIpc) is 3.09. The van der Waals surface area contributed by atoms with Crippen LogP contribution in [0.25, 0.3) is 5.69 Å². The zero-order valence-corrected chi connectivity index (χ0v) is 18.6. The van der Waals surface area contributed by atoms with Gasteiger partial charge >= 0.3 is 12.0 Å². The van der Waals surface area contributed by atoms with Gasteiger partial charge in [-0.05, 0) is 51.0 Å². The third-order valence-electron chi connectivity index (χ3n) is 4.96. The van der Waals surface area contributed by atoms with E-state index in [1.807, 2.05) is 0 Å². The number of rotatable bonds is 6. The highest BCUT2D eigenvalue weighted by Gasteiger charge is 2.25. The average molecular weight is 450 g/mol. The molecule has 2 amide bonds. The molecule has 0 saturated carbocycles. The number of esters is 1. The number of anilines is 1. The number of nitrogens with zero attached hydrogens (tertiary/aromatic N) is 3. The summed E-state index contributed by atoms with van der Waals surface area (Å²) in [5, 5.41) is 7.09. The standard InChI is InChI=1S/C20H27N5O5S/c1-4-30-19(26)18-12-21-25(14(18)2)17-9-7-15(8-10-17)22-20(27)24-11-5-6-16(13-24)23-31(3,28)29/h7-10,12,16,23H,4-6,11,13H2,1-3H3,(H,22,27). The fraction of sp³-hybridized carbons (Fsp3) is 0.450. The number of ether oxygens (including phenoxy) is 1. The zero-order valence-electron chi connectivity index (χ0n) is 17.8. The second-order valence-electron chi connectivity index (χ2n) is 7.43. The Hall–Kier alpha value is -2.92. The molecule has 1 aromatic carbocycles. The molecule has 0 aliphatic carbocycles. The molecule has 1 aliphatic rings. The van der Waals surface area contributed by atoms with E-state index in [0.717, 1.165) is 18.4 Å². The maximum atomic E-state index is 12.6. The third-order valence-corrected chi connectivity index (χ3v) is 5.72. The molecule has 1 saturated heterocycles. The van der Waals surface area contributed by atoms with Crippen molar-refractivity contribution in [3.8, 4) is 5.69 Å². The fourth-order valence-electron chi connectivity index (χ4n) is 3.53. The van der Waals surface area contributed by atoms with Gasteiger partial charge in [0.1, 0.15) is 5.56 Å². The van der Waals surface area contributed by atoms with Crippen LogP contribution >= 0.6 is 0 Å². The number of amides is 2. The quantitative estimate of drug-likeness (QED) is 0.650. The van der Waals surface area contributed by atoms with Crippen LogP contribution in [0.2, 0.25) is 0 Å².